The fourth-order valence-corrected chi connectivity index (χ4v) is 14.3. The Kier molecular flexibility index (Phi) is 26.7. The quantitative estimate of drug-likeness (QED) is 0.0265. The molecule has 2 aliphatic heterocycles. The molecule has 0 spiro atoms. The van der Waals surface area contributed by atoms with Crippen molar-refractivity contribution in [3.63, 3.8) is 0 Å². The molecule has 8 aromatic rings. The summed E-state index contributed by atoms with van der Waals surface area (Å²) >= 11 is 14.1. The molecule has 2 aliphatic carbocycles. The molecule has 32 heteroatoms. The van der Waals surface area contributed by atoms with Crippen LogP contribution in [0.5, 0.6) is 11.5 Å². The molecule has 4 aliphatic rings. The lowest BCUT2D eigenvalue weighted by Crippen LogP contribution is -2.58. The van der Waals surface area contributed by atoms with E-state index in [1.165, 1.54) is 58.3 Å². The highest BCUT2D eigenvalue weighted by Gasteiger charge is 2.51. The molecule has 8 N–H and O–H groups in total. The van der Waals surface area contributed by atoms with Crippen molar-refractivity contribution >= 4 is 113 Å². The maximum Gasteiger partial charge on any atom is 0.490 e. The number of fused-ring (bicyclic) bond motifs is 2. The van der Waals surface area contributed by atoms with Gasteiger partial charge in [-0.15, -0.1) is 22.7 Å². The normalized spacial score (nSPS) is 16.1. The van der Waals surface area contributed by atoms with E-state index in [0.29, 0.717) is 58.4 Å². The minimum Gasteiger partial charge on any atom is -0.490 e. The second-order valence-electron chi connectivity index (χ2n) is 25.5. The van der Waals surface area contributed by atoms with Gasteiger partial charge in [-0.2, -0.15) is 43.9 Å². The number of nitrogens with zero attached hydrogens (tertiary/aromatic N) is 2. The van der Waals surface area contributed by atoms with Gasteiger partial charge in [0.15, 0.2) is 12.1 Å². The zero-order valence-electron chi connectivity index (χ0n) is 56.0. The van der Waals surface area contributed by atoms with Crippen LogP contribution in [0.25, 0.3) is 42.4 Å². The molecule has 4 heterocycles. The standard InChI is InChI=1S/2C35H34ClF2N3O4S.2C2HF3O2/c2*36-25-12-7-22(8-13-25)21-5-10-24(11-6-21)35(37,38)32(34(44)41-17-15-26(39)16-18-41)40-33(43)31(42)30-19-23-9-14-28(20-29(23)46-30)45-27-3-1-2-4-27;2*3-2(4,5)1(6)7/h2*5-14,19-20,26-27,32H,1-4,15-18,39H2,(H,40,43);2*(H,6,7)/t2*32-;;/m10../s1. The van der Waals surface area contributed by atoms with E-state index in [4.69, 9.17) is 63.9 Å². The van der Waals surface area contributed by atoms with Gasteiger partial charge in [0.05, 0.1) is 22.0 Å². The Hall–Kier alpha value is -9.20. The van der Waals surface area contributed by atoms with Gasteiger partial charge in [0, 0.05) is 68.8 Å². The first-order chi connectivity index (χ1) is 50.0. The van der Waals surface area contributed by atoms with E-state index in [0.717, 1.165) is 105 Å². The third kappa shape index (κ3) is 21.1. The first-order valence-electron chi connectivity index (χ1n) is 33.3. The summed E-state index contributed by atoms with van der Waals surface area (Å²) in [5, 5.41) is 21.0. The summed E-state index contributed by atoms with van der Waals surface area (Å²) in [5.74, 6) is -18.3. The number of ether oxygens (including phenoxy) is 2. The highest BCUT2D eigenvalue weighted by Crippen LogP contribution is 2.39. The van der Waals surface area contributed by atoms with Crippen LogP contribution < -0.4 is 31.6 Å². The molecule has 2 aromatic heterocycles. The number of alkyl halides is 10. The number of carbonyl (C=O) groups excluding carboxylic acids is 6. The van der Waals surface area contributed by atoms with E-state index >= 15 is 17.6 Å². The molecule has 18 nitrogen and oxygen atoms in total. The molecule has 2 saturated heterocycles. The summed E-state index contributed by atoms with van der Waals surface area (Å²) in [4.78, 5) is 101. The predicted octanol–water partition coefficient (Wildman–Crippen LogP) is 15.2. The van der Waals surface area contributed by atoms with E-state index in [1.807, 2.05) is 24.3 Å². The zero-order chi connectivity index (χ0) is 77.0. The van der Waals surface area contributed by atoms with Gasteiger partial charge in [-0.3, -0.25) is 28.8 Å². The van der Waals surface area contributed by atoms with Gasteiger partial charge in [0.1, 0.15) is 11.5 Å². The van der Waals surface area contributed by atoms with Crippen LogP contribution in [-0.2, 0) is 40.6 Å². The highest BCUT2D eigenvalue weighted by atomic mass is 35.5. The average Bonchev–Trinajstić information content (AvgIpc) is 1.19. The molecule has 0 radical (unpaired) electrons. The molecule has 6 aromatic carbocycles. The number of halogens is 12. The molecule has 106 heavy (non-hydrogen) atoms. The first kappa shape index (κ1) is 80.9. The number of nitrogens with one attached hydrogen (secondary N) is 2. The van der Waals surface area contributed by atoms with Crippen LogP contribution in [-0.4, -0.2) is 142 Å². The number of piperidine rings is 2. The predicted molar refractivity (Wildman–Crippen MR) is 378 cm³/mol. The minimum atomic E-state index is -5.08. The van der Waals surface area contributed by atoms with E-state index < -0.39 is 94.5 Å². The monoisotopic (exact) mass is 1560 g/mol. The van der Waals surface area contributed by atoms with Crippen molar-refractivity contribution in [3.05, 3.63) is 177 Å². The van der Waals surface area contributed by atoms with Gasteiger partial charge < -0.3 is 51.6 Å². The number of rotatable bonds is 18. The van der Waals surface area contributed by atoms with Crippen molar-refractivity contribution in [1.82, 2.24) is 20.4 Å². The van der Waals surface area contributed by atoms with Crippen molar-refractivity contribution in [2.24, 2.45) is 11.5 Å². The SMILES string of the molecule is NC1CCN(C(=O)[C@@H](NC(=O)C(=O)c2cc3ccc(OC4CCCC4)cc3s2)C(F)(F)c2ccc(-c3ccc(Cl)cc3)cc2)CC1.NC1CCN(C(=O)[C@H](NC(=O)C(=O)c2cc3ccc(OC4CCCC4)cc3s2)C(F)(F)c2ccc(-c3ccc(Cl)cc3)cc2)CC1.O=C(O)C(F)(F)F.O=C(O)C(F)(F)F. The zero-order valence-corrected chi connectivity index (χ0v) is 59.2. The number of carboxylic acid groups (broad SMARTS) is 2. The number of nitrogens with two attached hydrogens (primary N) is 2. The lowest BCUT2D eigenvalue weighted by atomic mass is 9.95. The number of carboxylic acids is 2. The number of ketones is 2. The molecule has 564 valence electrons. The second-order valence-corrected chi connectivity index (χ2v) is 28.5. The van der Waals surface area contributed by atoms with Crippen LogP contribution in [0, 0.1) is 0 Å². The van der Waals surface area contributed by atoms with E-state index in [1.54, 1.807) is 72.8 Å². The number of likely N-dealkylation sites (tertiary alicyclic amines) is 2. The number of Topliss-reactive ketones (excluding diaryl/α,β-unsaturated/α-hetero) is 2. The third-order valence-corrected chi connectivity index (χ3v) is 20.6. The average molecular weight is 1560 g/mol. The van der Waals surface area contributed by atoms with Crippen molar-refractivity contribution < 1.29 is 102 Å². The fraction of sp³-hybridized carbons (Fsp3) is 0.351. The molecule has 0 unspecified atom stereocenters. The van der Waals surface area contributed by atoms with Crippen LogP contribution in [0.15, 0.2) is 146 Å². The maximum atomic E-state index is 16.3. The Morgan fingerprint density at radius 2 is 0.717 bits per heavy atom. The third-order valence-electron chi connectivity index (χ3n) is 17.9. The molecule has 12 rings (SSSR count). The second kappa shape index (κ2) is 35.0. The highest BCUT2D eigenvalue weighted by molar-refractivity contribution is 7.22. The van der Waals surface area contributed by atoms with Gasteiger partial charge in [0.2, 0.25) is 0 Å². The van der Waals surface area contributed by atoms with Crippen molar-refractivity contribution in [1.29, 1.82) is 0 Å². The molecule has 2 saturated carbocycles. The summed E-state index contributed by atoms with van der Waals surface area (Å²) in [6.07, 6.45) is 0.413. The Labute approximate surface area is 617 Å². The van der Waals surface area contributed by atoms with Crippen LogP contribution in [0.4, 0.5) is 43.9 Å². The summed E-state index contributed by atoms with van der Waals surface area (Å²) < 4.78 is 142. The Morgan fingerprint density at radius 3 is 1.00 bits per heavy atom. The summed E-state index contributed by atoms with van der Waals surface area (Å²) in [5.41, 5.74) is 13.9. The van der Waals surface area contributed by atoms with Crippen LogP contribution in [0.1, 0.15) is 108 Å². The van der Waals surface area contributed by atoms with Crippen molar-refractivity contribution in [2.45, 2.75) is 138 Å². The molecule has 4 amide bonds. The molecule has 0 bridgehead atoms. The minimum absolute atomic E-state index is 0.0799. The van der Waals surface area contributed by atoms with E-state index in [9.17, 15) is 55.1 Å². The van der Waals surface area contributed by atoms with Crippen molar-refractivity contribution in [2.75, 3.05) is 26.2 Å². The number of hydrogen-bond acceptors (Lipinski definition) is 14. The van der Waals surface area contributed by atoms with Crippen LogP contribution in [0.3, 0.4) is 0 Å². The van der Waals surface area contributed by atoms with Crippen LogP contribution >= 0.6 is 45.9 Å². The number of thiophene rings is 2. The van der Waals surface area contributed by atoms with Gasteiger partial charge in [-0.25, -0.2) is 9.59 Å². The first-order valence-corrected chi connectivity index (χ1v) is 35.7. The number of benzene rings is 6. The Bertz CT molecular complexity index is 4160. The maximum absolute atomic E-state index is 16.3. The number of carbonyl (C=O) groups is 8. The molecular weight excluding hydrogens is 1490 g/mol. The number of aliphatic carboxylic acids is 2. The lowest BCUT2D eigenvalue weighted by molar-refractivity contribution is -0.193. The fourth-order valence-electron chi connectivity index (χ4n) is 12.0. The van der Waals surface area contributed by atoms with Gasteiger partial charge >= 0.3 is 36.1 Å². The number of hydrogen-bond donors (Lipinski definition) is 6. The molecular formula is C74H70Cl2F10N6O12S2. The Balaban J connectivity index is 0.000000208. The van der Waals surface area contributed by atoms with Gasteiger partial charge in [0.25, 0.3) is 35.2 Å². The van der Waals surface area contributed by atoms with Crippen LogP contribution in [0.2, 0.25) is 10.0 Å². The van der Waals surface area contributed by atoms with Gasteiger partial charge in [-0.05, 0) is 183 Å². The smallest absolute Gasteiger partial charge is 0.490 e. The van der Waals surface area contributed by atoms with Gasteiger partial charge in [-0.1, -0.05) is 96.0 Å². The van der Waals surface area contributed by atoms with E-state index in [2.05, 4.69) is 10.6 Å². The topological polar surface area (TPSA) is 278 Å². The van der Waals surface area contributed by atoms with Crippen molar-refractivity contribution in [3.8, 4) is 33.8 Å². The summed E-state index contributed by atoms with van der Waals surface area (Å²) in [7, 11) is 0. The summed E-state index contributed by atoms with van der Waals surface area (Å²) in [6.45, 7) is 0.696. The molecule has 4 fully saturated rings. The number of amides is 4. The summed E-state index contributed by atoms with van der Waals surface area (Å²) in [6, 6.07) is 33.9. The lowest BCUT2D eigenvalue weighted by Gasteiger charge is -2.35. The molecule has 2 atom stereocenters. The Morgan fingerprint density at radius 1 is 0.434 bits per heavy atom. The van der Waals surface area contributed by atoms with E-state index in [-0.39, 0.29) is 60.2 Å². The largest absolute Gasteiger partial charge is 0.490 e.